The molecular weight excluding hydrogens is 230 g/mol. The molecule has 94 valence electrons. The number of rotatable bonds is 0. The molecule has 1 amide bonds. The first-order valence-corrected chi connectivity index (χ1v) is 4.68. The topological polar surface area (TPSA) is 29.5 Å². The van der Waals surface area contributed by atoms with E-state index in [1.807, 2.05) is 0 Å². The minimum Gasteiger partial charge on any atom is -0.325 e. The maximum Gasteiger partial charge on any atom is 0.377 e. The fraction of sp³-hybridized carbons (Fsp3) is 0.889. The highest BCUT2D eigenvalue weighted by molar-refractivity contribution is 5.81. The minimum absolute atomic E-state index is 0.434. The van der Waals surface area contributed by atoms with E-state index in [1.165, 1.54) is 20.8 Å². The highest BCUT2D eigenvalue weighted by atomic mass is 19.3. The monoisotopic (exact) mass is 243 g/mol. The molecular formula is C9H13F4NO2. The Labute approximate surface area is 90.3 Å². The zero-order chi connectivity index (χ0) is 12.8. The molecule has 1 fully saturated rings. The maximum absolute atomic E-state index is 12.8. The number of carbonyl (C=O) groups is 1. The molecule has 0 atom stereocenters. The first kappa shape index (κ1) is 13.2. The van der Waals surface area contributed by atoms with Gasteiger partial charge in [-0.25, -0.2) is 0 Å². The quantitative estimate of drug-likeness (QED) is 0.609. The third-order valence-electron chi connectivity index (χ3n) is 1.98. The van der Waals surface area contributed by atoms with E-state index in [0.29, 0.717) is 4.90 Å². The van der Waals surface area contributed by atoms with Gasteiger partial charge in [0.2, 0.25) is 5.91 Å². The zero-order valence-electron chi connectivity index (χ0n) is 9.19. The van der Waals surface area contributed by atoms with Gasteiger partial charge in [0, 0.05) is 5.41 Å². The molecule has 16 heavy (non-hydrogen) atoms. The van der Waals surface area contributed by atoms with Gasteiger partial charge in [0.15, 0.2) is 0 Å². The molecule has 0 saturated carbocycles. The molecule has 1 heterocycles. The number of carbonyl (C=O) groups excluding carboxylic acids is 1. The lowest BCUT2D eigenvalue weighted by atomic mass is 9.94. The van der Waals surface area contributed by atoms with Crippen molar-refractivity contribution >= 4 is 5.91 Å². The van der Waals surface area contributed by atoms with Crippen LogP contribution in [0.5, 0.6) is 0 Å². The maximum atomic E-state index is 12.8. The van der Waals surface area contributed by atoms with Crippen molar-refractivity contribution in [1.82, 2.24) is 4.90 Å². The van der Waals surface area contributed by atoms with Gasteiger partial charge >= 0.3 is 12.2 Å². The average Bonchev–Trinajstić information content (AvgIpc) is 1.94. The van der Waals surface area contributed by atoms with Crippen molar-refractivity contribution in [2.24, 2.45) is 5.41 Å². The van der Waals surface area contributed by atoms with E-state index in [4.69, 9.17) is 0 Å². The lowest BCUT2D eigenvalue weighted by Gasteiger charge is -2.39. The van der Waals surface area contributed by atoms with Crippen molar-refractivity contribution in [3.8, 4) is 0 Å². The first-order valence-electron chi connectivity index (χ1n) is 4.68. The summed E-state index contributed by atoms with van der Waals surface area (Å²) in [6, 6.07) is 0. The van der Waals surface area contributed by atoms with E-state index in [0.717, 1.165) is 0 Å². The van der Waals surface area contributed by atoms with Crippen LogP contribution in [0.4, 0.5) is 17.6 Å². The van der Waals surface area contributed by atoms with E-state index in [-0.39, 0.29) is 0 Å². The Balaban J connectivity index is 2.87. The highest BCUT2D eigenvalue weighted by Crippen LogP contribution is 2.35. The molecule has 1 saturated heterocycles. The van der Waals surface area contributed by atoms with Crippen LogP contribution in [-0.4, -0.2) is 36.1 Å². The SMILES string of the molecule is CC(C)(C)C(=O)N1CC(F)(F)OC(F)(F)C1. The molecule has 0 aromatic carbocycles. The van der Waals surface area contributed by atoms with E-state index in [1.54, 1.807) is 0 Å². The van der Waals surface area contributed by atoms with Gasteiger partial charge in [0.25, 0.3) is 0 Å². The summed E-state index contributed by atoms with van der Waals surface area (Å²) in [5, 5.41) is 0. The third kappa shape index (κ3) is 3.07. The summed E-state index contributed by atoms with van der Waals surface area (Å²) >= 11 is 0. The molecule has 1 aliphatic rings. The minimum atomic E-state index is -4.01. The number of amides is 1. The van der Waals surface area contributed by atoms with Crippen molar-refractivity contribution < 1.29 is 27.1 Å². The van der Waals surface area contributed by atoms with Crippen molar-refractivity contribution in [3.63, 3.8) is 0 Å². The van der Waals surface area contributed by atoms with Crippen molar-refractivity contribution in [1.29, 1.82) is 0 Å². The number of morpholine rings is 1. The predicted molar refractivity (Wildman–Crippen MR) is 47.0 cm³/mol. The van der Waals surface area contributed by atoms with Gasteiger partial charge in [-0.05, 0) is 0 Å². The Morgan fingerprint density at radius 2 is 1.50 bits per heavy atom. The largest absolute Gasteiger partial charge is 0.377 e. The first-order chi connectivity index (χ1) is 6.93. The normalized spacial score (nSPS) is 24.3. The second kappa shape index (κ2) is 3.58. The molecule has 0 aromatic heterocycles. The number of hydrogen-bond acceptors (Lipinski definition) is 2. The van der Waals surface area contributed by atoms with Gasteiger partial charge in [0.05, 0.1) is 0 Å². The second-order valence-electron chi connectivity index (χ2n) is 4.79. The molecule has 1 rings (SSSR count). The lowest BCUT2D eigenvalue weighted by molar-refractivity contribution is -0.401. The standard InChI is InChI=1S/C9H13F4NO2/c1-7(2,3)6(15)14-4-8(10,11)16-9(12,13)5-14/h4-5H2,1-3H3. The van der Waals surface area contributed by atoms with Crippen LogP contribution in [0.15, 0.2) is 0 Å². The Bertz CT molecular complexity index is 282. The molecule has 0 unspecified atom stereocenters. The van der Waals surface area contributed by atoms with Crippen molar-refractivity contribution in [2.45, 2.75) is 33.0 Å². The summed E-state index contributed by atoms with van der Waals surface area (Å²) in [6.45, 7) is 2.14. The second-order valence-corrected chi connectivity index (χ2v) is 4.79. The smallest absolute Gasteiger partial charge is 0.325 e. The van der Waals surface area contributed by atoms with Crippen LogP contribution in [0.3, 0.4) is 0 Å². The summed E-state index contributed by atoms with van der Waals surface area (Å²) < 4.78 is 54.5. The van der Waals surface area contributed by atoms with Crippen molar-refractivity contribution in [2.75, 3.05) is 13.1 Å². The molecule has 0 N–H and O–H groups in total. The average molecular weight is 243 g/mol. The summed E-state index contributed by atoms with van der Waals surface area (Å²) in [5.41, 5.74) is -0.983. The Hall–Kier alpha value is -0.850. The van der Waals surface area contributed by atoms with Crippen LogP contribution in [0, 0.1) is 5.41 Å². The van der Waals surface area contributed by atoms with Crippen LogP contribution < -0.4 is 0 Å². The van der Waals surface area contributed by atoms with Crippen LogP contribution in [0.25, 0.3) is 0 Å². The highest BCUT2D eigenvalue weighted by Gasteiger charge is 2.53. The van der Waals surface area contributed by atoms with Gasteiger partial charge < -0.3 is 4.90 Å². The van der Waals surface area contributed by atoms with E-state index < -0.39 is 36.6 Å². The molecule has 3 nitrogen and oxygen atoms in total. The number of ether oxygens (including phenoxy) is 1. The van der Waals surface area contributed by atoms with Gasteiger partial charge in [0.1, 0.15) is 13.1 Å². The van der Waals surface area contributed by atoms with Gasteiger partial charge in [-0.1, -0.05) is 20.8 Å². The molecule has 0 radical (unpaired) electrons. The summed E-state index contributed by atoms with van der Waals surface area (Å²) in [5.74, 6) is -0.754. The number of halogens is 4. The van der Waals surface area contributed by atoms with Crippen LogP contribution in [-0.2, 0) is 9.53 Å². The van der Waals surface area contributed by atoms with Crippen LogP contribution in [0.1, 0.15) is 20.8 Å². The molecule has 1 aliphatic heterocycles. The molecule has 7 heteroatoms. The van der Waals surface area contributed by atoms with Gasteiger partial charge in [-0.2, -0.15) is 17.6 Å². The summed E-state index contributed by atoms with van der Waals surface area (Å²) in [4.78, 5) is 12.0. The molecule has 0 aromatic rings. The predicted octanol–water partition coefficient (Wildman–Crippen LogP) is 2.08. The van der Waals surface area contributed by atoms with E-state index in [2.05, 4.69) is 4.74 Å². The molecule has 0 aliphatic carbocycles. The Morgan fingerprint density at radius 3 is 1.81 bits per heavy atom. The molecule has 0 spiro atoms. The lowest BCUT2D eigenvalue weighted by Crippen LogP contribution is -2.58. The van der Waals surface area contributed by atoms with Crippen LogP contribution >= 0.6 is 0 Å². The fourth-order valence-electron chi connectivity index (χ4n) is 1.40. The van der Waals surface area contributed by atoms with Crippen LogP contribution in [0.2, 0.25) is 0 Å². The number of nitrogens with zero attached hydrogens (tertiary/aromatic N) is 1. The summed E-state index contributed by atoms with van der Waals surface area (Å²) in [6.07, 6.45) is -8.02. The molecule has 0 bridgehead atoms. The zero-order valence-corrected chi connectivity index (χ0v) is 9.19. The Morgan fingerprint density at radius 1 is 1.12 bits per heavy atom. The third-order valence-corrected chi connectivity index (χ3v) is 1.98. The fourth-order valence-corrected chi connectivity index (χ4v) is 1.40. The van der Waals surface area contributed by atoms with Gasteiger partial charge in [-0.3, -0.25) is 9.53 Å². The number of alkyl halides is 4. The number of hydrogen-bond donors (Lipinski definition) is 0. The van der Waals surface area contributed by atoms with E-state index >= 15 is 0 Å². The summed E-state index contributed by atoms with van der Waals surface area (Å²) in [7, 11) is 0. The Kier molecular flexibility index (Phi) is 2.96. The van der Waals surface area contributed by atoms with E-state index in [9.17, 15) is 22.4 Å². The van der Waals surface area contributed by atoms with Gasteiger partial charge in [-0.15, -0.1) is 0 Å². The van der Waals surface area contributed by atoms with Crippen molar-refractivity contribution in [3.05, 3.63) is 0 Å².